The molecule has 1 amide bonds. The first-order valence-corrected chi connectivity index (χ1v) is 8.89. The summed E-state index contributed by atoms with van der Waals surface area (Å²) >= 11 is 3.28. The van der Waals surface area contributed by atoms with Gasteiger partial charge in [-0.3, -0.25) is 9.59 Å². The van der Waals surface area contributed by atoms with E-state index in [9.17, 15) is 18.0 Å². The van der Waals surface area contributed by atoms with Crippen molar-refractivity contribution < 1.29 is 18.0 Å². The van der Waals surface area contributed by atoms with E-state index in [0.29, 0.717) is 21.3 Å². The molecule has 1 aliphatic heterocycles. The molecule has 0 radical (unpaired) electrons. The van der Waals surface area contributed by atoms with Crippen LogP contribution in [0.3, 0.4) is 0 Å². The van der Waals surface area contributed by atoms with Crippen molar-refractivity contribution in [2.75, 3.05) is 4.90 Å². The summed E-state index contributed by atoms with van der Waals surface area (Å²) in [4.78, 5) is 25.6. The van der Waals surface area contributed by atoms with E-state index >= 15 is 0 Å². The monoisotopic (exact) mass is 394 g/mol. The zero-order valence-corrected chi connectivity index (χ0v) is 14.1. The van der Waals surface area contributed by atoms with E-state index in [1.54, 1.807) is 30.3 Å². The predicted molar refractivity (Wildman–Crippen MR) is 87.5 cm³/mol. The van der Waals surface area contributed by atoms with E-state index < -0.39 is 21.7 Å². The Morgan fingerprint density at radius 1 is 1.04 bits per heavy atom. The van der Waals surface area contributed by atoms with Crippen LogP contribution < -0.4 is 10.0 Å². The van der Waals surface area contributed by atoms with Crippen LogP contribution in [-0.2, 0) is 21.4 Å². The first-order chi connectivity index (χ1) is 10.8. The van der Waals surface area contributed by atoms with Gasteiger partial charge in [0.25, 0.3) is 11.7 Å². The Hall–Kier alpha value is -2.03. The van der Waals surface area contributed by atoms with E-state index in [-0.39, 0.29) is 11.4 Å². The van der Waals surface area contributed by atoms with Crippen LogP contribution in [0.5, 0.6) is 0 Å². The zero-order chi connectivity index (χ0) is 16.8. The van der Waals surface area contributed by atoms with Gasteiger partial charge in [0.2, 0.25) is 10.0 Å². The molecule has 118 valence electrons. The number of amides is 1. The molecule has 0 aliphatic carbocycles. The minimum atomic E-state index is -3.76. The molecule has 23 heavy (non-hydrogen) atoms. The highest BCUT2D eigenvalue weighted by atomic mass is 79.9. The highest BCUT2D eigenvalue weighted by molar-refractivity contribution is 9.10. The van der Waals surface area contributed by atoms with Gasteiger partial charge in [0.1, 0.15) is 0 Å². The third-order valence-electron chi connectivity index (χ3n) is 3.54. The topological polar surface area (TPSA) is 97.5 Å². The summed E-state index contributed by atoms with van der Waals surface area (Å²) < 4.78 is 23.1. The second-order valence-electron chi connectivity index (χ2n) is 5.04. The second-order valence-corrected chi connectivity index (χ2v) is 7.46. The summed E-state index contributed by atoms with van der Waals surface area (Å²) in [5, 5.41) is 5.05. The van der Waals surface area contributed by atoms with Crippen LogP contribution in [0, 0.1) is 0 Å². The van der Waals surface area contributed by atoms with Crippen LogP contribution >= 0.6 is 15.9 Å². The molecule has 0 fully saturated rings. The van der Waals surface area contributed by atoms with Crippen LogP contribution in [0.25, 0.3) is 0 Å². The number of Topliss-reactive ketones (excluding diaryl/α,β-unsaturated/α-hetero) is 1. The highest BCUT2D eigenvalue weighted by Gasteiger charge is 2.37. The van der Waals surface area contributed by atoms with E-state index in [1.807, 2.05) is 0 Å². The summed E-state index contributed by atoms with van der Waals surface area (Å²) in [7, 11) is -3.76. The summed E-state index contributed by atoms with van der Waals surface area (Å²) in [5.41, 5.74) is 1.56. The molecule has 8 heteroatoms. The molecular formula is C15H11BrN2O4S. The Balaban J connectivity index is 1.94. The van der Waals surface area contributed by atoms with Gasteiger partial charge in [-0.25, -0.2) is 13.6 Å². The Kier molecular flexibility index (Phi) is 3.83. The number of carbonyl (C=O) groups excluding carboxylic acids is 2. The lowest BCUT2D eigenvalue weighted by Crippen LogP contribution is -2.29. The summed E-state index contributed by atoms with van der Waals surface area (Å²) in [6.07, 6.45) is 0. The van der Waals surface area contributed by atoms with E-state index in [2.05, 4.69) is 15.9 Å². The maximum atomic E-state index is 12.2. The SMILES string of the molecule is NS(=O)(=O)c1ccc(CN2C(=O)C(=O)c3c(Br)cccc32)cc1. The third kappa shape index (κ3) is 2.80. The molecule has 0 unspecified atom stereocenters. The molecule has 2 aromatic carbocycles. The molecule has 6 nitrogen and oxygen atoms in total. The Morgan fingerprint density at radius 3 is 2.30 bits per heavy atom. The minimum Gasteiger partial charge on any atom is -0.300 e. The molecule has 0 atom stereocenters. The maximum Gasteiger partial charge on any atom is 0.299 e. The number of fused-ring (bicyclic) bond motifs is 1. The Morgan fingerprint density at radius 2 is 1.70 bits per heavy atom. The van der Waals surface area contributed by atoms with Crippen LogP contribution in [0.15, 0.2) is 51.8 Å². The molecule has 2 aromatic rings. The fourth-order valence-corrected chi connectivity index (χ4v) is 3.48. The third-order valence-corrected chi connectivity index (χ3v) is 5.13. The van der Waals surface area contributed by atoms with Crippen molar-refractivity contribution >= 4 is 43.3 Å². The van der Waals surface area contributed by atoms with Gasteiger partial charge in [-0.15, -0.1) is 0 Å². The summed E-state index contributed by atoms with van der Waals surface area (Å²) in [5.74, 6) is -1.17. The lowest BCUT2D eigenvalue weighted by molar-refractivity contribution is -0.114. The Bertz CT molecular complexity index is 923. The van der Waals surface area contributed by atoms with Crippen molar-refractivity contribution in [2.24, 2.45) is 5.14 Å². The van der Waals surface area contributed by atoms with E-state index in [0.717, 1.165) is 0 Å². The smallest absolute Gasteiger partial charge is 0.299 e. The fourth-order valence-electron chi connectivity index (χ4n) is 2.43. The lowest BCUT2D eigenvalue weighted by atomic mass is 10.1. The van der Waals surface area contributed by atoms with Gasteiger partial charge < -0.3 is 4.90 Å². The first kappa shape index (κ1) is 15.9. The van der Waals surface area contributed by atoms with Gasteiger partial charge in [0.15, 0.2) is 0 Å². The molecule has 0 saturated carbocycles. The van der Waals surface area contributed by atoms with Gasteiger partial charge in [-0.05, 0) is 45.8 Å². The summed E-state index contributed by atoms with van der Waals surface area (Å²) in [6, 6.07) is 11.0. The van der Waals surface area contributed by atoms with Crippen molar-refractivity contribution in [3.8, 4) is 0 Å². The second kappa shape index (κ2) is 5.55. The van der Waals surface area contributed by atoms with Crippen LogP contribution in [-0.4, -0.2) is 20.1 Å². The van der Waals surface area contributed by atoms with Gasteiger partial charge in [-0.2, -0.15) is 0 Å². The molecular weight excluding hydrogens is 384 g/mol. The van der Waals surface area contributed by atoms with Crippen LogP contribution in [0.2, 0.25) is 0 Å². The van der Waals surface area contributed by atoms with E-state index in [4.69, 9.17) is 5.14 Å². The van der Waals surface area contributed by atoms with Gasteiger partial charge in [0, 0.05) is 4.47 Å². The van der Waals surface area contributed by atoms with Crippen molar-refractivity contribution in [3.05, 3.63) is 58.1 Å². The average Bonchev–Trinajstić information content (AvgIpc) is 2.73. The molecule has 0 aromatic heterocycles. The van der Waals surface area contributed by atoms with E-state index in [1.165, 1.54) is 17.0 Å². The van der Waals surface area contributed by atoms with Crippen molar-refractivity contribution in [3.63, 3.8) is 0 Å². The number of sulfonamides is 1. The largest absolute Gasteiger partial charge is 0.300 e. The van der Waals surface area contributed by atoms with Crippen LogP contribution in [0.1, 0.15) is 15.9 Å². The standard InChI is InChI=1S/C15H11BrN2O4S/c16-11-2-1-3-12-13(11)14(19)15(20)18(12)8-9-4-6-10(7-5-9)23(17,21)22/h1-7H,8H2,(H2,17,21,22). The quantitative estimate of drug-likeness (QED) is 0.802. The first-order valence-electron chi connectivity index (χ1n) is 6.55. The number of rotatable bonds is 3. The number of hydrogen-bond donors (Lipinski definition) is 1. The molecule has 0 spiro atoms. The number of anilines is 1. The average molecular weight is 395 g/mol. The minimum absolute atomic E-state index is 0.00628. The van der Waals surface area contributed by atoms with Crippen molar-refractivity contribution in [1.29, 1.82) is 0 Å². The summed E-state index contributed by atoms with van der Waals surface area (Å²) in [6.45, 7) is 0.166. The van der Waals surface area contributed by atoms with Gasteiger partial charge in [0.05, 0.1) is 22.7 Å². The molecule has 2 N–H and O–H groups in total. The number of halogens is 1. The number of carbonyl (C=O) groups is 2. The maximum absolute atomic E-state index is 12.2. The number of primary sulfonamides is 1. The number of nitrogens with two attached hydrogens (primary N) is 1. The molecule has 0 bridgehead atoms. The molecule has 1 aliphatic rings. The van der Waals surface area contributed by atoms with Crippen molar-refractivity contribution in [2.45, 2.75) is 11.4 Å². The van der Waals surface area contributed by atoms with Crippen molar-refractivity contribution in [1.82, 2.24) is 0 Å². The molecule has 1 heterocycles. The van der Waals surface area contributed by atoms with Gasteiger partial charge >= 0.3 is 0 Å². The Labute approximate surface area is 141 Å². The zero-order valence-electron chi connectivity index (χ0n) is 11.7. The fraction of sp³-hybridized carbons (Fsp3) is 0.0667. The number of ketones is 1. The van der Waals surface area contributed by atoms with Gasteiger partial charge in [-0.1, -0.05) is 18.2 Å². The van der Waals surface area contributed by atoms with Crippen LogP contribution in [0.4, 0.5) is 5.69 Å². The number of nitrogens with zero attached hydrogens (tertiary/aromatic N) is 1. The lowest BCUT2D eigenvalue weighted by Gasteiger charge is -2.16. The normalized spacial score (nSPS) is 14.3. The molecule has 3 rings (SSSR count). The predicted octanol–water partition coefficient (Wildman–Crippen LogP) is 1.83. The molecule has 0 saturated heterocycles. The number of hydrogen-bond acceptors (Lipinski definition) is 4. The highest BCUT2D eigenvalue weighted by Crippen LogP contribution is 2.35. The number of benzene rings is 2.